The number of carbonyl (C=O) groups excluding carboxylic acids is 1. The Bertz CT molecular complexity index is 707. The lowest BCUT2D eigenvalue weighted by Crippen LogP contribution is -2.44. The van der Waals surface area contributed by atoms with E-state index in [2.05, 4.69) is 47.6 Å². The van der Waals surface area contributed by atoms with E-state index in [1.807, 2.05) is 19.2 Å². The third kappa shape index (κ3) is 3.48. The second-order valence-electron chi connectivity index (χ2n) is 7.02. The van der Waals surface area contributed by atoms with E-state index in [1.165, 1.54) is 5.56 Å². The summed E-state index contributed by atoms with van der Waals surface area (Å²) < 4.78 is 2.32. The van der Waals surface area contributed by atoms with Gasteiger partial charge in [-0.3, -0.25) is 4.79 Å². The van der Waals surface area contributed by atoms with Gasteiger partial charge in [0, 0.05) is 19.0 Å². The van der Waals surface area contributed by atoms with Crippen molar-refractivity contribution in [1.82, 2.24) is 14.5 Å². The summed E-state index contributed by atoms with van der Waals surface area (Å²) in [6, 6.07) is 10.5. The highest BCUT2D eigenvalue weighted by Crippen LogP contribution is 2.34. The fourth-order valence-electron chi connectivity index (χ4n) is 3.64. The lowest BCUT2D eigenvalue weighted by Gasteiger charge is -2.38. The number of carbonyl (C=O) groups is 1. The highest BCUT2D eigenvalue weighted by atomic mass is 16.2. The van der Waals surface area contributed by atoms with Crippen LogP contribution in [0.1, 0.15) is 58.3 Å². The van der Waals surface area contributed by atoms with Gasteiger partial charge in [-0.15, -0.1) is 0 Å². The van der Waals surface area contributed by atoms with Crippen molar-refractivity contribution in [3.05, 3.63) is 42.4 Å². The van der Waals surface area contributed by atoms with Crippen LogP contribution in [0.15, 0.2) is 36.5 Å². The van der Waals surface area contributed by atoms with Crippen molar-refractivity contribution in [1.29, 1.82) is 0 Å². The van der Waals surface area contributed by atoms with Crippen LogP contribution in [0.3, 0.4) is 0 Å². The van der Waals surface area contributed by atoms with Crippen LogP contribution in [0.4, 0.5) is 0 Å². The zero-order valence-electron chi connectivity index (χ0n) is 15.6. The number of nitrogens with zero attached hydrogens (tertiary/aromatic N) is 3. The monoisotopic (exact) mass is 339 g/mol. The first-order valence-corrected chi connectivity index (χ1v) is 9.58. The molecular weight excluding hydrogens is 310 g/mol. The average Bonchev–Trinajstić information content (AvgIpc) is 3.09. The Labute approximate surface area is 150 Å². The number of fused-ring (bicyclic) bond motifs is 1. The van der Waals surface area contributed by atoms with Crippen LogP contribution in [0.2, 0.25) is 0 Å². The summed E-state index contributed by atoms with van der Waals surface area (Å²) in [5.74, 6) is 1.41. The Hall–Kier alpha value is -2.10. The van der Waals surface area contributed by atoms with Crippen molar-refractivity contribution in [3.8, 4) is 11.3 Å². The van der Waals surface area contributed by atoms with E-state index in [0.29, 0.717) is 0 Å². The van der Waals surface area contributed by atoms with Crippen molar-refractivity contribution in [2.45, 2.75) is 59.0 Å². The Morgan fingerprint density at radius 3 is 2.68 bits per heavy atom. The van der Waals surface area contributed by atoms with Crippen LogP contribution >= 0.6 is 0 Å². The van der Waals surface area contributed by atoms with Crippen LogP contribution in [-0.4, -0.2) is 26.9 Å². The summed E-state index contributed by atoms with van der Waals surface area (Å²) in [5, 5.41) is 0. The van der Waals surface area contributed by atoms with Gasteiger partial charge in [-0.1, -0.05) is 63.9 Å². The summed E-state index contributed by atoms with van der Waals surface area (Å²) in [5.41, 5.74) is 2.35. The maximum atomic E-state index is 12.9. The summed E-state index contributed by atoms with van der Waals surface area (Å²) in [4.78, 5) is 19.7. The number of benzene rings is 1. The van der Waals surface area contributed by atoms with E-state index in [4.69, 9.17) is 4.98 Å². The molecule has 0 radical (unpaired) electrons. The molecule has 2 aromatic rings. The molecular formula is C21H29N3O. The van der Waals surface area contributed by atoms with Gasteiger partial charge in [-0.25, -0.2) is 4.98 Å². The first-order valence-electron chi connectivity index (χ1n) is 9.58. The lowest BCUT2D eigenvalue weighted by atomic mass is 10.0. The molecule has 1 aliphatic heterocycles. The summed E-state index contributed by atoms with van der Waals surface area (Å²) in [6.07, 6.45) is 6.10. The minimum atomic E-state index is 0.0826. The van der Waals surface area contributed by atoms with Crippen molar-refractivity contribution < 1.29 is 4.79 Å². The van der Waals surface area contributed by atoms with Crippen molar-refractivity contribution in [3.63, 3.8) is 0 Å². The summed E-state index contributed by atoms with van der Waals surface area (Å²) in [7, 11) is 0. The van der Waals surface area contributed by atoms with Gasteiger partial charge in [-0.2, -0.15) is 0 Å². The predicted octanol–water partition coefficient (Wildman–Crippen LogP) is 4.67. The molecule has 1 aromatic heterocycles. The SMILES string of the molecule is CCCCC1c2ncc(-c3ccccc3)n2CCN1C(=O)[C@@H](C)CC. The average molecular weight is 339 g/mol. The lowest BCUT2D eigenvalue weighted by molar-refractivity contribution is -0.139. The molecule has 3 rings (SSSR count). The number of hydrogen-bond donors (Lipinski definition) is 0. The van der Waals surface area contributed by atoms with E-state index < -0.39 is 0 Å². The van der Waals surface area contributed by atoms with E-state index >= 15 is 0 Å². The molecule has 134 valence electrons. The van der Waals surface area contributed by atoms with Gasteiger partial charge < -0.3 is 9.47 Å². The maximum Gasteiger partial charge on any atom is 0.226 e. The molecule has 1 aliphatic rings. The molecule has 0 fully saturated rings. The zero-order valence-corrected chi connectivity index (χ0v) is 15.6. The molecule has 4 heteroatoms. The van der Waals surface area contributed by atoms with Gasteiger partial charge in [-0.05, 0) is 18.4 Å². The number of unbranched alkanes of at least 4 members (excludes halogenated alkanes) is 1. The molecule has 2 heterocycles. The molecule has 25 heavy (non-hydrogen) atoms. The highest BCUT2D eigenvalue weighted by Gasteiger charge is 2.34. The number of hydrogen-bond acceptors (Lipinski definition) is 2. The molecule has 0 bridgehead atoms. The van der Waals surface area contributed by atoms with Crippen molar-refractivity contribution >= 4 is 5.91 Å². The zero-order chi connectivity index (χ0) is 17.8. The van der Waals surface area contributed by atoms with Crippen LogP contribution in [0, 0.1) is 5.92 Å². The quantitative estimate of drug-likeness (QED) is 0.767. The topological polar surface area (TPSA) is 38.1 Å². The predicted molar refractivity (Wildman–Crippen MR) is 101 cm³/mol. The first-order chi connectivity index (χ1) is 12.2. The highest BCUT2D eigenvalue weighted by molar-refractivity contribution is 5.79. The fraction of sp³-hybridized carbons (Fsp3) is 0.524. The first kappa shape index (κ1) is 17.7. The second kappa shape index (κ2) is 7.85. The van der Waals surface area contributed by atoms with E-state index in [-0.39, 0.29) is 17.9 Å². The smallest absolute Gasteiger partial charge is 0.226 e. The van der Waals surface area contributed by atoms with Crippen LogP contribution < -0.4 is 0 Å². The van der Waals surface area contributed by atoms with Gasteiger partial charge in [0.2, 0.25) is 5.91 Å². The Kier molecular flexibility index (Phi) is 5.57. The minimum Gasteiger partial charge on any atom is -0.330 e. The third-order valence-electron chi connectivity index (χ3n) is 5.34. The minimum absolute atomic E-state index is 0.0826. The largest absolute Gasteiger partial charge is 0.330 e. The van der Waals surface area contributed by atoms with Gasteiger partial charge in [0.1, 0.15) is 5.82 Å². The van der Waals surface area contributed by atoms with Gasteiger partial charge in [0.15, 0.2) is 0 Å². The van der Waals surface area contributed by atoms with E-state index in [1.54, 1.807) is 0 Å². The fourth-order valence-corrected chi connectivity index (χ4v) is 3.64. The second-order valence-corrected chi connectivity index (χ2v) is 7.02. The molecule has 0 N–H and O–H groups in total. The molecule has 0 aliphatic carbocycles. The van der Waals surface area contributed by atoms with Crippen molar-refractivity contribution in [2.24, 2.45) is 5.92 Å². The third-order valence-corrected chi connectivity index (χ3v) is 5.34. The standard InChI is InChI=1S/C21H29N3O/c1-4-6-12-18-20-22-15-19(17-10-8-7-9-11-17)23(20)13-14-24(18)21(25)16(3)5-2/h7-11,15-16,18H,4-6,12-14H2,1-3H3/t16-,18?/m0/s1. The number of aromatic nitrogens is 2. The molecule has 0 saturated heterocycles. The summed E-state index contributed by atoms with van der Waals surface area (Å²) in [6.45, 7) is 7.92. The van der Waals surface area contributed by atoms with Crippen LogP contribution in [0.25, 0.3) is 11.3 Å². The normalized spacial score (nSPS) is 18.0. The van der Waals surface area contributed by atoms with E-state index in [9.17, 15) is 4.79 Å². The van der Waals surface area contributed by atoms with Crippen LogP contribution in [-0.2, 0) is 11.3 Å². The van der Waals surface area contributed by atoms with Gasteiger partial charge in [0.25, 0.3) is 0 Å². The summed E-state index contributed by atoms with van der Waals surface area (Å²) >= 11 is 0. The number of rotatable bonds is 6. The molecule has 1 unspecified atom stereocenters. The molecule has 1 aromatic carbocycles. The maximum absolute atomic E-state index is 12.9. The Balaban J connectivity index is 1.95. The van der Waals surface area contributed by atoms with E-state index in [0.717, 1.165) is 50.3 Å². The van der Waals surface area contributed by atoms with Gasteiger partial charge >= 0.3 is 0 Å². The molecule has 0 saturated carbocycles. The Morgan fingerprint density at radius 2 is 2.00 bits per heavy atom. The number of imidazole rings is 1. The van der Waals surface area contributed by atoms with Crippen LogP contribution in [0.5, 0.6) is 0 Å². The molecule has 4 nitrogen and oxygen atoms in total. The number of amides is 1. The molecule has 1 amide bonds. The van der Waals surface area contributed by atoms with Crippen molar-refractivity contribution in [2.75, 3.05) is 6.54 Å². The Morgan fingerprint density at radius 1 is 1.24 bits per heavy atom. The molecule has 0 spiro atoms. The molecule has 2 atom stereocenters. The van der Waals surface area contributed by atoms with Gasteiger partial charge in [0.05, 0.1) is 17.9 Å².